The lowest BCUT2D eigenvalue weighted by Crippen LogP contribution is -2.35. The van der Waals surface area contributed by atoms with Gasteiger partial charge in [0.05, 0.1) is 19.3 Å². The Hall–Kier alpha value is -0.450. The second-order valence-electron chi connectivity index (χ2n) is 3.20. The van der Waals surface area contributed by atoms with Crippen LogP contribution in [0.15, 0.2) is 0 Å². The number of aliphatic hydroxyl groups excluding tert-OH is 1. The van der Waals surface area contributed by atoms with Crippen LogP contribution >= 0.6 is 0 Å². The van der Waals surface area contributed by atoms with E-state index < -0.39 is 6.10 Å². The van der Waals surface area contributed by atoms with Crippen LogP contribution in [0.1, 0.15) is 13.3 Å². The third-order valence-corrected chi connectivity index (χ3v) is 1.72. The first-order chi connectivity index (χ1) is 6.10. The summed E-state index contributed by atoms with van der Waals surface area (Å²) in [6.45, 7) is 3.02. The van der Waals surface area contributed by atoms with Crippen molar-refractivity contribution in [2.45, 2.75) is 19.4 Å². The SMILES string of the molecule is CCC(=O)CN(C)CC(O)COC. The highest BCUT2D eigenvalue weighted by Crippen LogP contribution is 1.92. The summed E-state index contributed by atoms with van der Waals surface area (Å²) in [7, 11) is 3.35. The van der Waals surface area contributed by atoms with E-state index in [1.807, 2.05) is 14.0 Å². The monoisotopic (exact) mass is 189 g/mol. The zero-order chi connectivity index (χ0) is 10.3. The van der Waals surface area contributed by atoms with Crippen LogP contribution < -0.4 is 0 Å². The van der Waals surface area contributed by atoms with Gasteiger partial charge in [-0.1, -0.05) is 6.92 Å². The van der Waals surface area contributed by atoms with E-state index in [-0.39, 0.29) is 5.78 Å². The summed E-state index contributed by atoms with van der Waals surface area (Å²) in [4.78, 5) is 12.8. The van der Waals surface area contributed by atoms with E-state index in [2.05, 4.69) is 0 Å². The van der Waals surface area contributed by atoms with Gasteiger partial charge in [0.25, 0.3) is 0 Å². The molecule has 1 unspecified atom stereocenters. The van der Waals surface area contributed by atoms with Crippen molar-refractivity contribution in [1.82, 2.24) is 4.90 Å². The second kappa shape index (κ2) is 7.00. The molecule has 0 aliphatic heterocycles. The summed E-state index contributed by atoms with van der Waals surface area (Å²) >= 11 is 0. The lowest BCUT2D eigenvalue weighted by Gasteiger charge is -2.18. The van der Waals surface area contributed by atoms with Gasteiger partial charge >= 0.3 is 0 Å². The van der Waals surface area contributed by atoms with E-state index in [0.29, 0.717) is 26.1 Å². The van der Waals surface area contributed by atoms with Crippen molar-refractivity contribution in [3.63, 3.8) is 0 Å². The first-order valence-corrected chi connectivity index (χ1v) is 4.47. The zero-order valence-electron chi connectivity index (χ0n) is 8.62. The molecule has 4 heteroatoms. The van der Waals surface area contributed by atoms with Gasteiger partial charge in [0.2, 0.25) is 0 Å². The van der Waals surface area contributed by atoms with E-state index in [9.17, 15) is 9.90 Å². The summed E-state index contributed by atoms with van der Waals surface area (Å²) in [5.41, 5.74) is 0. The van der Waals surface area contributed by atoms with E-state index in [1.54, 1.807) is 12.0 Å². The molecule has 0 bridgehead atoms. The van der Waals surface area contributed by atoms with Crippen molar-refractivity contribution in [3.8, 4) is 0 Å². The van der Waals surface area contributed by atoms with Gasteiger partial charge in [0, 0.05) is 20.1 Å². The van der Waals surface area contributed by atoms with Gasteiger partial charge in [-0.05, 0) is 7.05 Å². The van der Waals surface area contributed by atoms with Gasteiger partial charge in [0.15, 0.2) is 0 Å². The minimum Gasteiger partial charge on any atom is -0.389 e. The lowest BCUT2D eigenvalue weighted by molar-refractivity contribution is -0.119. The lowest BCUT2D eigenvalue weighted by atomic mass is 10.3. The van der Waals surface area contributed by atoms with E-state index >= 15 is 0 Å². The quantitative estimate of drug-likeness (QED) is 0.608. The molecule has 0 amide bonds. The number of nitrogens with zero attached hydrogens (tertiary/aromatic N) is 1. The number of carbonyl (C=O) groups is 1. The van der Waals surface area contributed by atoms with E-state index in [0.717, 1.165) is 0 Å². The van der Waals surface area contributed by atoms with Gasteiger partial charge in [0.1, 0.15) is 5.78 Å². The predicted molar refractivity (Wildman–Crippen MR) is 50.7 cm³/mol. The van der Waals surface area contributed by atoms with Gasteiger partial charge < -0.3 is 9.84 Å². The van der Waals surface area contributed by atoms with Crippen LogP contribution in [-0.2, 0) is 9.53 Å². The Balaban J connectivity index is 3.60. The second-order valence-corrected chi connectivity index (χ2v) is 3.20. The highest BCUT2D eigenvalue weighted by Gasteiger charge is 2.09. The van der Waals surface area contributed by atoms with E-state index in [1.165, 1.54) is 0 Å². The van der Waals surface area contributed by atoms with Crippen LogP contribution in [0, 0.1) is 0 Å². The standard InChI is InChI=1S/C9H19NO3/c1-4-8(11)5-10(2)6-9(12)7-13-3/h9,12H,4-7H2,1-3H3. The maximum absolute atomic E-state index is 11.0. The van der Waals surface area contributed by atoms with Crippen molar-refractivity contribution in [3.05, 3.63) is 0 Å². The van der Waals surface area contributed by atoms with Crippen LogP contribution in [0.5, 0.6) is 0 Å². The number of hydrogen-bond donors (Lipinski definition) is 1. The molecular formula is C9H19NO3. The summed E-state index contributed by atoms with van der Waals surface area (Å²) in [5.74, 6) is 0.187. The Kier molecular flexibility index (Phi) is 6.76. The Labute approximate surface area is 79.5 Å². The smallest absolute Gasteiger partial charge is 0.146 e. The maximum Gasteiger partial charge on any atom is 0.146 e. The fourth-order valence-corrected chi connectivity index (χ4v) is 1.08. The molecule has 0 rings (SSSR count). The van der Waals surface area contributed by atoms with Crippen LogP contribution in [0.2, 0.25) is 0 Å². The van der Waals surface area contributed by atoms with Gasteiger partial charge in [-0.25, -0.2) is 0 Å². The average Bonchev–Trinajstić information content (AvgIpc) is 2.04. The fraction of sp³-hybridized carbons (Fsp3) is 0.889. The first kappa shape index (κ1) is 12.6. The van der Waals surface area contributed by atoms with Gasteiger partial charge in [-0.3, -0.25) is 9.69 Å². The molecule has 0 aromatic carbocycles. The number of likely N-dealkylation sites (N-methyl/N-ethyl adjacent to an activating group) is 1. The van der Waals surface area contributed by atoms with Crippen LogP contribution in [0.3, 0.4) is 0 Å². The molecule has 0 heterocycles. The van der Waals surface area contributed by atoms with Crippen molar-refractivity contribution in [2.75, 3.05) is 33.9 Å². The predicted octanol–water partition coefficient (Wildman–Crippen LogP) is -0.0954. The Bertz CT molecular complexity index is 150. The number of rotatable bonds is 7. The number of carbonyl (C=O) groups excluding carboxylic acids is 1. The molecule has 4 nitrogen and oxygen atoms in total. The number of Topliss-reactive ketones (excluding diaryl/α,β-unsaturated/α-hetero) is 1. The number of ketones is 1. The first-order valence-electron chi connectivity index (χ1n) is 4.47. The average molecular weight is 189 g/mol. The van der Waals surface area contributed by atoms with Crippen molar-refractivity contribution < 1.29 is 14.6 Å². The fourth-order valence-electron chi connectivity index (χ4n) is 1.08. The van der Waals surface area contributed by atoms with Gasteiger partial charge in [-0.2, -0.15) is 0 Å². The molecule has 78 valence electrons. The van der Waals surface area contributed by atoms with Crippen molar-refractivity contribution >= 4 is 5.78 Å². The summed E-state index contributed by atoms with van der Waals surface area (Å²) in [5, 5.41) is 9.33. The molecule has 0 saturated carbocycles. The molecule has 0 spiro atoms. The summed E-state index contributed by atoms with van der Waals surface area (Å²) < 4.78 is 4.77. The minimum atomic E-state index is -0.514. The van der Waals surface area contributed by atoms with Crippen LogP contribution in [0.25, 0.3) is 0 Å². The highest BCUT2D eigenvalue weighted by molar-refractivity contribution is 5.80. The molecule has 0 saturated heterocycles. The van der Waals surface area contributed by atoms with Crippen LogP contribution in [0.4, 0.5) is 0 Å². The molecule has 0 aliphatic carbocycles. The van der Waals surface area contributed by atoms with E-state index in [4.69, 9.17) is 4.74 Å². The zero-order valence-corrected chi connectivity index (χ0v) is 8.62. The third kappa shape index (κ3) is 6.69. The van der Waals surface area contributed by atoms with Crippen LogP contribution in [-0.4, -0.2) is 55.7 Å². The normalized spacial score (nSPS) is 13.3. The largest absolute Gasteiger partial charge is 0.389 e. The molecule has 1 atom stereocenters. The maximum atomic E-state index is 11.0. The summed E-state index contributed by atoms with van der Waals surface area (Å²) in [6, 6.07) is 0. The Morgan fingerprint density at radius 3 is 2.69 bits per heavy atom. The molecule has 1 N–H and O–H groups in total. The number of methoxy groups -OCH3 is 1. The molecule has 0 aliphatic rings. The van der Waals surface area contributed by atoms with Crippen molar-refractivity contribution in [1.29, 1.82) is 0 Å². The third-order valence-electron chi connectivity index (χ3n) is 1.72. The Morgan fingerprint density at radius 1 is 1.62 bits per heavy atom. The number of ether oxygens (including phenoxy) is 1. The Morgan fingerprint density at radius 2 is 2.23 bits per heavy atom. The number of hydrogen-bond acceptors (Lipinski definition) is 4. The molecule has 0 aromatic heterocycles. The topological polar surface area (TPSA) is 49.8 Å². The number of aliphatic hydroxyl groups is 1. The van der Waals surface area contributed by atoms with Crippen molar-refractivity contribution in [2.24, 2.45) is 0 Å². The highest BCUT2D eigenvalue weighted by atomic mass is 16.5. The molecule has 0 fully saturated rings. The van der Waals surface area contributed by atoms with Gasteiger partial charge in [-0.15, -0.1) is 0 Å². The molecule has 13 heavy (non-hydrogen) atoms. The summed E-state index contributed by atoms with van der Waals surface area (Å²) in [6.07, 6.45) is 0.0321. The minimum absolute atomic E-state index is 0.187. The molecule has 0 aromatic rings. The molecular weight excluding hydrogens is 170 g/mol. The molecule has 0 radical (unpaired) electrons.